The number of alkyl halides is 1. The average Bonchev–Trinajstić information content (AvgIpc) is 2.40. The molecule has 0 saturated heterocycles. The van der Waals surface area contributed by atoms with Crippen molar-refractivity contribution in [2.75, 3.05) is 5.33 Å². The van der Waals surface area contributed by atoms with Crippen LogP contribution in [-0.4, -0.2) is 5.33 Å². The molecule has 1 fully saturated rings. The van der Waals surface area contributed by atoms with Crippen LogP contribution in [0.5, 0.6) is 0 Å². The number of benzene rings is 1. The third-order valence-electron chi connectivity index (χ3n) is 4.17. The molecular weight excluding hydrogens is 272 g/mol. The molecule has 94 valence electrons. The van der Waals surface area contributed by atoms with Gasteiger partial charge in [0, 0.05) is 5.33 Å². The van der Waals surface area contributed by atoms with Crippen molar-refractivity contribution < 1.29 is 0 Å². The molecule has 1 aromatic rings. The van der Waals surface area contributed by atoms with Crippen molar-refractivity contribution in [3.05, 3.63) is 35.9 Å². The SMILES string of the molecule is BrCC[C@H]1CC[C@H](CCc2ccccc2)CC1. The zero-order chi connectivity index (χ0) is 11.9. The van der Waals surface area contributed by atoms with Crippen molar-refractivity contribution in [2.45, 2.75) is 44.9 Å². The van der Waals surface area contributed by atoms with Gasteiger partial charge >= 0.3 is 0 Å². The van der Waals surface area contributed by atoms with Crippen LogP contribution >= 0.6 is 15.9 Å². The van der Waals surface area contributed by atoms with Crippen LogP contribution in [0.25, 0.3) is 0 Å². The minimum Gasteiger partial charge on any atom is -0.0928 e. The Hall–Kier alpha value is -0.300. The van der Waals surface area contributed by atoms with Crippen LogP contribution in [0.3, 0.4) is 0 Å². The molecule has 0 heterocycles. The largest absolute Gasteiger partial charge is 0.0928 e. The molecule has 1 aliphatic rings. The summed E-state index contributed by atoms with van der Waals surface area (Å²) in [6.07, 6.45) is 9.90. The first-order valence-corrected chi connectivity index (χ1v) is 8.10. The monoisotopic (exact) mass is 294 g/mol. The lowest BCUT2D eigenvalue weighted by molar-refractivity contribution is 0.260. The van der Waals surface area contributed by atoms with Crippen LogP contribution in [0, 0.1) is 11.8 Å². The fourth-order valence-electron chi connectivity index (χ4n) is 2.98. The third-order valence-corrected chi connectivity index (χ3v) is 4.63. The topological polar surface area (TPSA) is 0 Å². The average molecular weight is 295 g/mol. The van der Waals surface area contributed by atoms with Crippen molar-refractivity contribution in [1.82, 2.24) is 0 Å². The van der Waals surface area contributed by atoms with Crippen LogP contribution in [0.1, 0.15) is 44.1 Å². The summed E-state index contributed by atoms with van der Waals surface area (Å²) in [5.41, 5.74) is 1.51. The number of aryl methyl sites for hydroxylation is 1. The van der Waals surface area contributed by atoms with Gasteiger partial charge in [0.1, 0.15) is 0 Å². The lowest BCUT2D eigenvalue weighted by atomic mass is 9.78. The van der Waals surface area contributed by atoms with E-state index < -0.39 is 0 Å². The minimum atomic E-state index is 0.988. The first-order chi connectivity index (χ1) is 8.38. The Bertz CT molecular complexity index is 299. The highest BCUT2D eigenvalue weighted by Gasteiger charge is 2.20. The quantitative estimate of drug-likeness (QED) is 0.654. The van der Waals surface area contributed by atoms with Crippen molar-refractivity contribution in [3.63, 3.8) is 0 Å². The Morgan fingerprint density at radius 2 is 1.47 bits per heavy atom. The predicted molar refractivity (Wildman–Crippen MR) is 78.6 cm³/mol. The van der Waals surface area contributed by atoms with E-state index in [1.165, 1.54) is 55.8 Å². The summed E-state index contributed by atoms with van der Waals surface area (Å²) >= 11 is 3.56. The van der Waals surface area contributed by atoms with Crippen molar-refractivity contribution >= 4 is 15.9 Å². The van der Waals surface area contributed by atoms with E-state index in [9.17, 15) is 0 Å². The molecule has 0 spiro atoms. The smallest absolute Gasteiger partial charge is 0.00339 e. The van der Waals surface area contributed by atoms with Gasteiger partial charge in [-0.15, -0.1) is 0 Å². The second-order valence-electron chi connectivity index (χ2n) is 5.39. The Morgan fingerprint density at radius 3 is 2.06 bits per heavy atom. The van der Waals surface area contributed by atoms with Gasteiger partial charge in [-0.2, -0.15) is 0 Å². The van der Waals surface area contributed by atoms with E-state index in [4.69, 9.17) is 0 Å². The van der Waals surface area contributed by atoms with Crippen molar-refractivity contribution in [1.29, 1.82) is 0 Å². The van der Waals surface area contributed by atoms with E-state index in [1.54, 1.807) is 0 Å². The summed E-state index contributed by atoms with van der Waals surface area (Å²) in [4.78, 5) is 0. The zero-order valence-electron chi connectivity index (χ0n) is 10.6. The molecule has 1 aromatic carbocycles. The Balaban J connectivity index is 1.68. The maximum absolute atomic E-state index is 3.56. The molecule has 0 bridgehead atoms. The van der Waals surface area contributed by atoms with E-state index >= 15 is 0 Å². The van der Waals surface area contributed by atoms with Gasteiger partial charge in [-0.05, 0) is 36.7 Å². The first-order valence-electron chi connectivity index (χ1n) is 6.98. The number of halogens is 1. The fraction of sp³-hybridized carbons (Fsp3) is 0.625. The molecule has 0 radical (unpaired) electrons. The second-order valence-corrected chi connectivity index (χ2v) is 6.18. The summed E-state index contributed by atoms with van der Waals surface area (Å²) in [5.74, 6) is 1.99. The molecule has 0 aliphatic heterocycles. The van der Waals surface area contributed by atoms with Gasteiger partial charge in [-0.3, -0.25) is 0 Å². The van der Waals surface area contributed by atoms with Gasteiger partial charge in [0.25, 0.3) is 0 Å². The molecular formula is C16H23Br. The predicted octanol–water partition coefficient (Wildman–Crippen LogP) is 5.21. The molecule has 2 rings (SSSR count). The summed E-state index contributed by atoms with van der Waals surface area (Å²) in [5, 5.41) is 1.19. The molecule has 0 aromatic heterocycles. The summed E-state index contributed by atoms with van der Waals surface area (Å²) < 4.78 is 0. The maximum Gasteiger partial charge on any atom is 0.00339 e. The normalized spacial score (nSPS) is 24.8. The van der Waals surface area contributed by atoms with Gasteiger partial charge in [0.05, 0.1) is 0 Å². The van der Waals surface area contributed by atoms with E-state index in [1.807, 2.05) is 0 Å². The molecule has 0 amide bonds. The lowest BCUT2D eigenvalue weighted by Crippen LogP contribution is -2.15. The Labute approximate surface area is 114 Å². The number of rotatable bonds is 5. The molecule has 17 heavy (non-hydrogen) atoms. The van der Waals surface area contributed by atoms with Gasteiger partial charge in [0.15, 0.2) is 0 Å². The maximum atomic E-state index is 3.56. The van der Waals surface area contributed by atoms with Crippen LogP contribution in [-0.2, 0) is 6.42 Å². The summed E-state index contributed by atoms with van der Waals surface area (Å²) in [6.45, 7) is 0. The van der Waals surface area contributed by atoms with Gasteiger partial charge in [-0.25, -0.2) is 0 Å². The van der Waals surface area contributed by atoms with Crippen LogP contribution in [0.2, 0.25) is 0 Å². The first kappa shape index (κ1) is 13.1. The molecule has 0 nitrogen and oxygen atoms in total. The van der Waals surface area contributed by atoms with Crippen LogP contribution in [0.15, 0.2) is 30.3 Å². The lowest BCUT2D eigenvalue weighted by Gasteiger charge is -2.28. The summed E-state index contributed by atoms with van der Waals surface area (Å²) in [6, 6.07) is 10.9. The van der Waals surface area contributed by atoms with E-state index in [2.05, 4.69) is 46.3 Å². The fourth-order valence-corrected chi connectivity index (χ4v) is 3.63. The minimum absolute atomic E-state index is 0.988. The molecule has 1 aliphatic carbocycles. The van der Waals surface area contributed by atoms with E-state index in [-0.39, 0.29) is 0 Å². The number of hydrogen-bond acceptors (Lipinski definition) is 0. The number of hydrogen-bond donors (Lipinski definition) is 0. The van der Waals surface area contributed by atoms with Crippen molar-refractivity contribution in [3.8, 4) is 0 Å². The van der Waals surface area contributed by atoms with Gasteiger partial charge in [0.2, 0.25) is 0 Å². The van der Waals surface area contributed by atoms with Gasteiger partial charge < -0.3 is 0 Å². The highest BCUT2D eigenvalue weighted by atomic mass is 79.9. The van der Waals surface area contributed by atoms with Crippen molar-refractivity contribution in [2.24, 2.45) is 11.8 Å². The molecule has 0 N–H and O–H groups in total. The van der Waals surface area contributed by atoms with Crippen LogP contribution < -0.4 is 0 Å². The van der Waals surface area contributed by atoms with Gasteiger partial charge in [-0.1, -0.05) is 71.9 Å². The molecule has 0 atom stereocenters. The Kier molecular flexibility index (Phi) is 5.57. The molecule has 1 saturated carbocycles. The third kappa shape index (κ3) is 4.46. The summed E-state index contributed by atoms with van der Waals surface area (Å²) in [7, 11) is 0. The highest BCUT2D eigenvalue weighted by molar-refractivity contribution is 9.09. The van der Waals surface area contributed by atoms with Crippen LogP contribution in [0.4, 0.5) is 0 Å². The molecule has 0 unspecified atom stereocenters. The highest BCUT2D eigenvalue weighted by Crippen LogP contribution is 2.33. The second kappa shape index (κ2) is 7.20. The van der Waals surface area contributed by atoms with E-state index in [0.717, 1.165) is 11.8 Å². The van der Waals surface area contributed by atoms with E-state index in [0.29, 0.717) is 0 Å². The molecule has 1 heteroatoms. The zero-order valence-corrected chi connectivity index (χ0v) is 12.2. The Morgan fingerprint density at radius 1 is 0.882 bits per heavy atom. The standard InChI is InChI=1S/C16H23Br/c17-13-12-16-10-8-15(9-11-16)7-6-14-4-2-1-3-5-14/h1-5,15-16H,6-13H2/t15-,16-.